The van der Waals surface area contributed by atoms with E-state index >= 15 is 0 Å². The van der Waals surface area contributed by atoms with E-state index in [0.717, 1.165) is 5.56 Å². The van der Waals surface area contributed by atoms with Crippen molar-refractivity contribution in [2.75, 3.05) is 0 Å². The molecular formula is C14H10ClN5O. The number of pyridine rings is 1. The zero-order chi connectivity index (χ0) is 14.7. The fourth-order valence-corrected chi connectivity index (χ4v) is 2.00. The highest BCUT2D eigenvalue weighted by molar-refractivity contribution is 6.30. The number of aromatic nitrogens is 3. The summed E-state index contributed by atoms with van der Waals surface area (Å²) in [5, 5.41) is 13.9. The van der Waals surface area contributed by atoms with Crippen molar-refractivity contribution in [3.8, 4) is 11.3 Å². The van der Waals surface area contributed by atoms with Crippen molar-refractivity contribution in [3.05, 3.63) is 64.2 Å². The third-order valence-corrected chi connectivity index (χ3v) is 3.01. The average Bonchev–Trinajstić information content (AvgIpc) is 2.87. The van der Waals surface area contributed by atoms with Gasteiger partial charge in [-0.15, -0.1) is 5.11 Å². The number of hydrogen-bond acceptors (Lipinski definition) is 4. The molecule has 0 spiro atoms. The fourth-order valence-electron chi connectivity index (χ4n) is 1.81. The average molecular weight is 300 g/mol. The standard InChI is InChI=1S/C14H10ClN5O/c15-10-4-1-5-11(7-10)17-19-13-12(18-20-14(13)21)9-3-2-6-16-8-9/h1-8H,(H2,18,20,21). The van der Waals surface area contributed by atoms with Crippen LogP contribution in [0.5, 0.6) is 0 Å². The second kappa shape index (κ2) is 5.72. The van der Waals surface area contributed by atoms with Gasteiger partial charge in [0.1, 0.15) is 0 Å². The van der Waals surface area contributed by atoms with Crippen LogP contribution in [0.1, 0.15) is 0 Å². The Hall–Kier alpha value is -2.73. The van der Waals surface area contributed by atoms with Crippen molar-refractivity contribution in [2.45, 2.75) is 0 Å². The monoisotopic (exact) mass is 299 g/mol. The van der Waals surface area contributed by atoms with E-state index in [1.165, 1.54) is 0 Å². The maximum atomic E-state index is 11.8. The van der Waals surface area contributed by atoms with Crippen LogP contribution in [0.15, 0.2) is 63.8 Å². The van der Waals surface area contributed by atoms with Crippen LogP contribution in [0.4, 0.5) is 11.4 Å². The maximum Gasteiger partial charge on any atom is 0.292 e. The summed E-state index contributed by atoms with van der Waals surface area (Å²) in [5.41, 5.74) is 1.71. The Morgan fingerprint density at radius 3 is 2.76 bits per heavy atom. The summed E-state index contributed by atoms with van der Waals surface area (Å²) in [6, 6.07) is 10.5. The highest BCUT2D eigenvalue weighted by Gasteiger charge is 2.11. The van der Waals surface area contributed by atoms with Crippen molar-refractivity contribution in [1.82, 2.24) is 15.2 Å². The number of rotatable bonds is 3. The molecule has 0 radical (unpaired) electrons. The molecule has 7 heteroatoms. The van der Waals surface area contributed by atoms with Gasteiger partial charge in [0, 0.05) is 23.0 Å². The number of aromatic amines is 2. The van der Waals surface area contributed by atoms with Crippen LogP contribution in [0, 0.1) is 0 Å². The summed E-state index contributed by atoms with van der Waals surface area (Å²) >= 11 is 5.88. The lowest BCUT2D eigenvalue weighted by molar-refractivity contribution is 1.06. The molecule has 0 unspecified atom stereocenters. The summed E-state index contributed by atoms with van der Waals surface area (Å²) in [6.07, 6.45) is 3.29. The largest absolute Gasteiger partial charge is 0.295 e. The number of nitrogens with zero attached hydrogens (tertiary/aromatic N) is 3. The minimum atomic E-state index is -0.348. The molecule has 2 aromatic heterocycles. The van der Waals surface area contributed by atoms with Crippen molar-refractivity contribution < 1.29 is 0 Å². The Labute approximate surface area is 124 Å². The van der Waals surface area contributed by atoms with E-state index in [9.17, 15) is 4.79 Å². The van der Waals surface area contributed by atoms with E-state index in [1.807, 2.05) is 6.07 Å². The molecule has 3 rings (SSSR count). The van der Waals surface area contributed by atoms with Gasteiger partial charge in [-0.05, 0) is 30.3 Å². The Kier molecular flexibility index (Phi) is 3.61. The summed E-state index contributed by atoms with van der Waals surface area (Å²) in [6.45, 7) is 0. The molecule has 6 nitrogen and oxygen atoms in total. The predicted octanol–water partition coefficient (Wildman–Crippen LogP) is 3.83. The van der Waals surface area contributed by atoms with Gasteiger partial charge < -0.3 is 0 Å². The second-order valence-corrected chi connectivity index (χ2v) is 4.66. The van der Waals surface area contributed by atoms with Crippen LogP contribution in [-0.2, 0) is 0 Å². The third-order valence-electron chi connectivity index (χ3n) is 2.78. The van der Waals surface area contributed by atoms with Crippen LogP contribution in [0.2, 0.25) is 5.02 Å². The zero-order valence-corrected chi connectivity index (χ0v) is 11.5. The molecule has 3 aromatic rings. The predicted molar refractivity (Wildman–Crippen MR) is 80.3 cm³/mol. The molecule has 0 saturated heterocycles. The fraction of sp³-hybridized carbons (Fsp3) is 0. The molecule has 0 saturated carbocycles. The van der Waals surface area contributed by atoms with Crippen LogP contribution in [0.25, 0.3) is 11.3 Å². The summed E-state index contributed by atoms with van der Waals surface area (Å²) in [7, 11) is 0. The SMILES string of the molecule is O=c1[nH][nH]c(-c2cccnc2)c1N=Nc1cccc(Cl)c1. The lowest BCUT2D eigenvalue weighted by Gasteiger charge is -1.97. The molecule has 0 amide bonds. The third kappa shape index (κ3) is 2.90. The number of nitrogens with one attached hydrogen (secondary N) is 2. The first kappa shape index (κ1) is 13.3. The molecular weight excluding hydrogens is 290 g/mol. The van der Waals surface area contributed by atoms with Crippen LogP contribution >= 0.6 is 11.6 Å². The van der Waals surface area contributed by atoms with Gasteiger partial charge >= 0.3 is 0 Å². The van der Waals surface area contributed by atoms with Gasteiger partial charge in [-0.2, -0.15) is 5.11 Å². The lowest BCUT2D eigenvalue weighted by Crippen LogP contribution is -1.96. The van der Waals surface area contributed by atoms with Gasteiger partial charge in [-0.25, -0.2) is 0 Å². The molecule has 0 aliphatic carbocycles. The molecule has 0 aliphatic rings. The molecule has 2 N–H and O–H groups in total. The molecule has 21 heavy (non-hydrogen) atoms. The number of benzene rings is 1. The maximum absolute atomic E-state index is 11.8. The van der Waals surface area contributed by atoms with Gasteiger partial charge in [0.05, 0.1) is 11.4 Å². The molecule has 0 atom stereocenters. The zero-order valence-electron chi connectivity index (χ0n) is 10.7. The first-order valence-corrected chi connectivity index (χ1v) is 6.50. The van der Waals surface area contributed by atoms with Crippen molar-refractivity contribution in [3.63, 3.8) is 0 Å². The van der Waals surface area contributed by atoms with Gasteiger partial charge in [-0.3, -0.25) is 20.0 Å². The summed E-state index contributed by atoms with van der Waals surface area (Å²) in [4.78, 5) is 15.8. The minimum Gasteiger partial charge on any atom is -0.295 e. The van der Waals surface area contributed by atoms with Crippen LogP contribution < -0.4 is 5.56 Å². The van der Waals surface area contributed by atoms with E-state index in [-0.39, 0.29) is 11.2 Å². The van der Waals surface area contributed by atoms with E-state index in [1.54, 1.807) is 42.7 Å². The number of hydrogen-bond donors (Lipinski definition) is 2. The Morgan fingerprint density at radius 1 is 1.10 bits per heavy atom. The number of H-pyrrole nitrogens is 2. The molecule has 104 valence electrons. The van der Waals surface area contributed by atoms with Crippen molar-refractivity contribution >= 4 is 23.0 Å². The topological polar surface area (TPSA) is 86.3 Å². The lowest BCUT2D eigenvalue weighted by atomic mass is 10.2. The first-order valence-electron chi connectivity index (χ1n) is 6.12. The van der Waals surface area contributed by atoms with E-state index in [4.69, 9.17) is 11.6 Å². The first-order chi connectivity index (χ1) is 10.2. The molecule has 0 aliphatic heterocycles. The van der Waals surface area contributed by atoms with Gasteiger partial charge in [0.2, 0.25) is 0 Å². The van der Waals surface area contributed by atoms with E-state index in [2.05, 4.69) is 25.4 Å². The van der Waals surface area contributed by atoms with Gasteiger partial charge in [0.25, 0.3) is 5.56 Å². The highest BCUT2D eigenvalue weighted by atomic mass is 35.5. The van der Waals surface area contributed by atoms with Crippen LogP contribution in [0.3, 0.4) is 0 Å². The van der Waals surface area contributed by atoms with Crippen molar-refractivity contribution in [1.29, 1.82) is 0 Å². The molecule has 0 bridgehead atoms. The van der Waals surface area contributed by atoms with E-state index in [0.29, 0.717) is 16.4 Å². The number of azo groups is 1. The Bertz CT molecular complexity index is 838. The van der Waals surface area contributed by atoms with Gasteiger partial charge in [-0.1, -0.05) is 17.7 Å². The highest BCUT2D eigenvalue weighted by Crippen LogP contribution is 2.26. The van der Waals surface area contributed by atoms with Crippen molar-refractivity contribution in [2.24, 2.45) is 10.2 Å². The Balaban J connectivity index is 2.00. The molecule has 0 fully saturated rings. The smallest absolute Gasteiger partial charge is 0.292 e. The van der Waals surface area contributed by atoms with Crippen LogP contribution in [-0.4, -0.2) is 15.2 Å². The molecule has 2 heterocycles. The van der Waals surface area contributed by atoms with Gasteiger partial charge in [0.15, 0.2) is 5.69 Å². The summed E-state index contributed by atoms with van der Waals surface area (Å²) < 4.78 is 0. The quantitative estimate of drug-likeness (QED) is 0.720. The number of halogens is 1. The normalized spacial score (nSPS) is 11.1. The molecule has 1 aromatic carbocycles. The minimum absolute atomic E-state index is 0.197. The van der Waals surface area contributed by atoms with E-state index < -0.39 is 0 Å². The Morgan fingerprint density at radius 2 is 2.00 bits per heavy atom. The second-order valence-electron chi connectivity index (χ2n) is 4.22. The summed E-state index contributed by atoms with van der Waals surface area (Å²) in [5.74, 6) is 0.